The number of imide groups is 1. The van der Waals surface area contributed by atoms with E-state index in [0.29, 0.717) is 11.4 Å². The summed E-state index contributed by atoms with van der Waals surface area (Å²) in [7, 11) is 0. The summed E-state index contributed by atoms with van der Waals surface area (Å²) in [4.78, 5) is 35.6. The Morgan fingerprint density at radius 3 is 2.20 bits per heavy atom. The van der Waals surface area contributed by atoms with Gasteiger partial charge in [0, 0.05) is 24.2 Å². The second-order valence-corrected chi connectivity index (χ2v) is 4.46. The Hall–Kier alpha value is -2.57. The highest BCUT2D eigenvalue weighted by molar-refractivity contribution is 6.01. The van der Waals surface area contributed by atoms with E-state index in [2.05, 4.69) is 0 Å². The Kier molecular flexibility index (Phi) is 3.88. The zero-order chi connectivity index (χ0) is 14.7. The molecule has 1 fully saturated rings. The molecule has 20 heavy (non-hydrogen) atoms. The van der Waals surface area contributed by atoms with Gasteiger partial charge in [-0.3, -0.25) is 14.5 Å². The van der Waals surface area contributed by atoms with Gasteiger partial charge >= 0.3 is 5.97 Å². The number of amides is 2. The van der Waals surface area contributed by atoms with E-state index in [-0.39, 0.29) is 43.4 Å². The summed E-state index contributed by atoms with van der Waals surface area (Å²) in [5.41, 5.74) is 12.1. The minimum absolute atomic E-state index is 0.0506. The van der Waals surface area contributed by atoms with Crippen molar-refractivity contribution in [2.45, 2.75) is 12.8 Å². The first-order chi connectivity index (χ1) is 9.47. The number of likely N-dealkylation sites (tertiary alicyclic amines) is 1. The van der Waals surface area contributed by atoms with Crippen LogP contribution in [0.5, 0.6) is 0 Å². The summed E-state index contributed by atoms with van der Waals surface area (Å²) < 4.78 is 5.00. The highest BCUT2D eigenvalue weighted by Gasteiger charge is 2.28. The molecule has 0 unspecified atom stereocenters. The molecule has 2 amide bonds. The number of benzene rings is 1. The van der Waals surface area contributed by atoms with Gasteiger partial charge in [-0.05, 0) is 18.2 Å². The van der Waals surface area contributed by atoms with Crippen molar-refractivity contribution in [2.75, 3.05) is 24.6 Å². The second-order valence-electron chi connectivity index (χ2n) is 4.46. The first-order valence-electron chi connectivity index (χ1n) is 6.14. The van der Waals surface area contributed by atoms with Crippen LogP contribution in [0.1, 0.15) is 23.2 Å². The van der Waals surface area contributed by atoms with Crippen LogP contribution < -0.4 is 11.5 Å². The minimum Gasteiger partial charge on any atom is -0.460 e. The highest BCUT2D eigenvalue weighted by Crippen LogP contribution is 2.15. The lowest BCUT2D eigenvalue weighted by Gasteiger charge is -2.13. The zero-order valence-corrected chi connectivity index (χ0v) is 10.8. The molecule has 0 spiro atoms. The van der Waals surface area contributed by atoms with Crippen LogP contribution in [0.3, 0.4) is 0 Å². The number of hydrogen-bond acceptors (Lipinski definition) is 6. The van der Waals surface area contributed by atoms with Crippen LogP contribution in [0.25, 0.3) is 0 Å². The van der Waals surface area contributed by atoms with Crippen LogP contribution >= 0.6 is 0 Å². The van der Waals surface area contributed by atoms with E-state index in [1.165, 1.54) is 18.2 Å². The molecule has 7 nitrogen and oxygen atoms in total. The number of esters is 1. The quantitative estimate of drug-likeness (QED) is 0.460. The number of carbonyl (C=O) groups is 3. The van der Waals surface area contributed by atoms with Crippen LogP contribution in [0.2, 0.25) is 0 Å². The fraction of sp³-hybridized carbons (Fsp3) is 0.308. The molecule has 1 aromatic rings. The lowest BCUT2D eigenvalue weighted by Crippen LogP contribution is -2.32. The van der Waals surface area contributed by atoms with E-state index >= 15 is 0 Å². The van der Waals surface area contributed by atoms with Crippen LogP contribution in [0.15, 0.2) is 18.2 Å². The Morgan fingerprint density at radius 1 is 1.10 bits per heavy atom. The van der Waals surface area contributed by atoms with E-state index < -0.39 is 5.97 Å². The van der Waals surface area contributed by atoms with E-state index in [1.807, 2.05) is 0 Å². The van der Waals surface area contributed by atoms with Gasteiger partial charge in [0.1, 0.15) is 6.61 Å². The van der Waals surface area contributed by atoms with E-state index in [4.69, 9.17) is 16.2 Å². The molecule has 0 saturated carbocycles. The second kappa shape index (κ2) is 5.60. The van der Waals surface area contributed by atoms with Crippen molar-refractivity contribution < 1.29 is 19.1 Å². The lowest BCUT2D eigenvalue weighted by atomic mass is 10.2. The van der Waals surface area contributed by atoms with Gasteiger partial charge in [0.05, 0.1) is 12.1 Å². The number of hydrogen-bond donors (Lipinski definition) is 2. The summed E-state index contributed by atoms with van der Waals surface area (Å²) in [6, 6.07) is 4.42. The molecular weight excluding hydrogens is 262 g/mol. The molecule has 1 heterocycles. The lowest BCUT2D eigenvalue weighted by molar-refractivity contribution is -0.138. The predicted molar refractivity (Wildman–Crippen MR) is 71.5 cm³/mol. The molecule has 1 aromatic carbocycles. The van der Waals surface area contributed by atoms with Gasteiger partial charge in [0.25, 0.3) is 0 Å². The summed E-state index contributed by atoms with van der Waals surface area (Å²) in [6.45, 7) is 0.0201. The third-order valence-corrected chi connectivity index (χ3v) is 2.92. The number of anilines is 2. The first-order valence-corrected chi connectivity index (χ1v) is 6.14. The molecule has 0 atom stereocenters. The minimum atomic E-state index is -0.594. The third kappa shape index (κ3) is 3.05. The molecule has 7 heteroatoms. The molecular formula is C13H15N3O4. The van der Waals surface area contributed by atoms with Crippen molar-refractivity contribution in [1.29, 1.82) is 0 Å². The maximum absolute atomic E-state index is 11.8. The molecule has 0 aromatic heterocycles. The van der Waals surface area contributed by atoms with Crippen molar-refractivity contribution in [3.63, 3.8) is 0 Å². The van der Waals surface area contributed by atoms with Gasteiger partial charge in [0.15, 0.2) is 0 Å². The Labute approximate surface area is 115 Å². The number of ether oxygens (including phenoxy) is 1. The Balaban J connectivity index is 1.89. The van der Waals surface area contributed by atoms with Crippen molar-refractivity contribution >= 4 is 29.2 Å². The summed E-state index contributed by atoms with van der Waals surface area (Å²) >= 11 is 0. The Morgan fingerprint density at radius 2 is 1.65 bits per heavy atom. The molecule has 4 N–H and O–H groups in total. The molecule has 1 aliphatic rings. The number of rotatable bonds is 4. The van der Waals surface area contributed by atoms with Crippen LogP contribution in [0.4, 0.5) is 11.4 Å². The normalized spacial score (nSPS) is 14.7. The number of nitrogens with two attached hydrogens (primary N) is 2. The van der Waals surface area contributed by atoms with Crippen LogP contribution in [-0.2, 0) is 14.3 Å². The average Bonchev–Trinajstić information content (AvgIpc) is 2.69. The third-order valence-electron chi connectivity index (χ3n) is 2.92. The molecule has 2 rings (SSSR count). The van der Waals surface area contributed by atoms with Gasteiger partial charge in [0.2, 0.25) is 11.8 Å². The molecule has 1 aliphatic heterocycles. The monoisotopic (exact) mass is 277 g/mol. The van der Waals surface area contributed by atoms with E-state index in [9.17, 15) is 14.4 Å². The van der Waals surface area contributed by atoms with Crippen LogP contribution in [-0.4, -0.2) is 35.8 Å². The topological polar surface area (TPSA) is 116 Å². The summed E-state index contributed by atoms with van der Waals surface area (Å²) in [5.74, 6) is -1.07. The molecule has 0 aliphatic carbocycles. The fourth-order valence-electron chi connectivity index (χ4n) is 1.98. The Bertz CT molecular complexity index is 534. The smallest absolute Gasteiger partial charge is 0.338 e. The van der Waals surface area contributed by atoms with Gasteiger partial charge in [-0.15, -0.1) is 0 Å². The highest BCUT2D eigenvalue weighted by atomic mass is 16.5. The van der Waals surface area contributed by atoms with Crippen LogP contribution in [0, 0.1) is 0 Å². The number of nitrogen functional groups attached to an aromatic ring is 2. The molecule has 0 bridgehead atoms. The predicted octanol–water partition coefficient (Wildman–Crippen LogP) is 0.157. The largest absolute Gasteiger partial charge is 0.460 e. The van der Waals surface area contributed by atoms with Crippen molar-refractivity contribution in [3.8, 4) is 0 Å². The zero-order valence-electron chi connectivity index (χ0n) is 10.8. The molecule has 1 saturated heterocycles. The van der Waals surface area contributed by atoms with Crippen molar-refractivity contribution in [3.05, 3.63) is 23.8 Å². The average molecular weight is 277 g/mol. The van der Waals surface area contributed by atoms with Gasteiger partial charge < -0.3 is 16.2 Å². The van der Waals surface area contributed by atoms with E-state index in [1.54, 1.807) is 0 Å². The standard InChI is InChI=1S/C13H15N3O4/c14-9-5-8(6-10(15)7-9)13(19)20-4-3-16-11(17)1-2-12(16)18/h5-7H,1-4,14-15H2. The fourth-order valence-corrected chi connectivity index (χ4v) is 1.98. The maximum Gasteiger partial charge on any atom is 0.338 e. The number of nitrogens with zero attached hydrogens (tertiary/aromatic N) is 1. The van der Waals surface area contributed by atoms with Gasteiger partial charge in [-0.2, -0.15) is 0 Å². The van der Waals surface area contributed by atoms with Gasteiger partial charge in [-0.25, -0.2) is 4.79 Å². The SMILES string of the molecule is Nc1cc(N)cc(C(=O)OCCN2C(=O)CCC2=O)c1. The molecule has 0 radical (unpaired) electrons. The first kappa shape index (κ1) is 13.9. The van der Waals surface area contributed by atoms with E-state index in [0.717, 1.165) is 4.90 Å². The summed E-state index contributed by atoms with van der Waals surface area (Å²) in [6.07, 6.45) is 0.442. The van der Waals surface area contributed by atoms with Crippen molar-refractivity contribution in [1.82, 2.24) is 4.90 Å². The molecule has 106 valence electrons. The number of carbonyl (C=O) groups excluding carboxylic acids is 3. The van der Waals surface area contributed by atoms with Crippen molar-refractivity contribution in [2.24, 2.45) is 0 Å². The maximum atomic E-state index is 11.8. The summed E-state index contributed by atoms with van der Waals surface area (Å²) in [5, 5.41) is 0. The van der Waals surface area contributed by atoms with Gasteiger partial charge in [-0.1, -0.05) is 0 Å².